The molecule has 0 saturated heterocycles. The highest BCUT2D eigenvalue weighted by Gasteiger charge is 2.37. The van der Waals surface area contributed by atoms with Crippen LogP contribution in [0.1, 0.15) is 62.8 Å². The van der Waals surface area contributed by atoms with Crippen molar-refractivity contribution in [2.75, 3.05) is 0 Å². The maximum atomic E-state index is 9.83. The fourth-order valence-corrected chi connectivity index (χ4v) is 4.35. The molecule has 1 aliphatic carbocycles. The molecular formula is C25H27NO. The molecule has 0 spiro atoms. The van der Waals surface area contributed by atoms with Gasteiger partial charge in [-0.05, 0) is 57.7 Å². The zero-order chi connectivity index (χ0) is 19.2. The molecule has 1 N–H and O–H groups in total. The van der Waals surface area contributed by atoms with Crippen LogP contribution in [0.3, 0.4) is 0 Å². The number of benzene rings is 3. The largest absolute Gasteiger partial charge is 0.410 e. The van der Waals surface area contributed by atoms with Crippen LogP contribution in [-0.4, -0.2) is 10.9 Å². The Labute approximate surface area is 161 Å². The predicted octanol–water partition coefficient (Wildman–Crippen LogP) is 6.42. The van der Waals surface area contributed by atoms with Crippen molar-refractivity contribution in [3.8, 4) is 0 Å². The molecule has 27 heavy (non-hydrogen) atoms. The van der Waals surface area contributed by atoms with Gasteiger partial charge in [-0.25, -0.2) is 0 Å². The average Bonchev–Trinajstić information content (AvgIpc) is 2.66. The summed E-state index contributed by atoms with van der Waals surface area (Å²) in [4.78, 5) is 0. The van der Waals surface area contributed by atoms with Crippen LogP contribution < -0.4 is 0 Å². The van der Waals surface area contributed by atoms with Gasteiger partial charge in [-0.3, -0.25) is 0 Å². The van der Waals surface area contributed by atoms with Gasteiger partial charge in [0.15, 0.2) is 0 Å². The first-order chi connectivity index (χ1) is 12.8. The lowest BCUT2D eigenvalue weighted by atomic mass is 9.63. The maximum absolute atomic E-state index is 9.83. The Balaban J connectivity index is 1.84. The van der Waals surface area contributed by atoms with Crippen LogP contribution in [0.15, 0.2) is 65.8 Å². The molecule has 1 aliphatic rings. The summed E-state index contributed by atoms with van der Waals surface area (Å²) in [6, 6.07) is 21.0. The summed E-state index contributed by atoms with van der Waals surface area (Å²) in [5.74, 6) is 0. The smallest absolute Gasteiger partial charge is 0.117 e. The SMILES string of the molecule is CC1(C)CCC(C)(C)c2cc(C(=NO)c3ccc4ccccc4c3)ccc21. The van der Waals surface area contributed by atoms with Gasteiger partial charge in [0.2, 0.25) is 0 Å². The first kappa shape index (κ1) is 17.8. The summed E-state index contributed by atoms with van der Waals surface area (Å²) in [5.41, 5.74) is 5.63. The van der Waals surface area contributed by atoms with Crippen LogP contribution in [-0.2, 0) is 10.8 Å². The van der Waals surface area contributed by atoms with Gasteiger partial charge < -0.3 is 5.21 Å². The highest BCUT2D eigenvalue weighted by Crippen LogP contribution is 2.46. The minimum atomic E-state index is 0.130. The third kappa shape index (κ3) is 3.03. The van der Waals surface area contributed by atoms with Crippen molar-refractivity contribution in [3.05, 3.63) is 82.9 Å². The molecule has 0 atom stereocenters. The number of fused-ring (bicyclic) bond motifs is 2. The van der Waals surface area contributed by atoms with Crippen LogP contribution >= 0.6 is 0 Å². The van der Waals surface area contributed by atoms with E-state index < -0.39 is 0 Å². The highest BCUT2D eigenvalue weighted by molar-refractivity contribution is 6.14. The van der Waals surface area contributed by atoms with Crippen molar-refractivity contribution < 1.29 is 5.21 Å². The Morgan fingerprint density at radius 3 is 2.04 bits per heavy atom. The van der Waals surface area contributed by atoms with Crippen molar-refractivity contribution in [1.82, 2.24) is 0 Å². The van der Waals surface area contributed by atoms with E-state index in [0.717, 1.165) is 22.9 Å². The molecule has 4 rings (SSSR count). The Morgan fingerprint density at radius 2 is 1.33 bits per heavy atom. The van der Waals surface area contributed by atoms with Gasteiger partial charge in [-0.15, -0.1) is 0 Å². The molecule has 138 valence electrons. The second-order valence-corrected chi connectivity index (χ2v) is 9.04. The zero-order valence-electron chi connectivity index (χ0n) is 16.6. The van der Waals surface area contributed by atoms with Crippen LogP contribution in [0, 0.1) is 0 Å². The van der Waals surface area contributed by atoms with Crippen LogP contribution in [0.4, 0.5) is 0 Å². The molecule has 0 aliphatic heterocycles. The Hall–Kier alpha value is -2.61. The van der Waals surface area contributed by atoms with Crippen molar-refractivity contribution in [2.24, 2.45) is 5.16 Å². The molecule has 0 radical (unpaired) electrons. The molecule has 2 nitrogen and oxygen atoms in total. The zero-order valence-corrected chi connectivity index (χ0v) is 16.6. The van der Waals surface area contributed by atoms with Gasteiger partial charge in [0.25, 0.3) is 0 Å². The molecule has 0 aromatic heterocycles. The lowest BCUT2D eigenvalue weighted by Gasteiger charge is -2.42. The second kappa shape index (κ2) is 6.23. The number of hydrogen-bond acceptors (Lipinski definition) is 2. The molecule has 3 aromatic rings. The van der Waals surface area contributed by atoms with Gasteiger partial charge >= 0.3 is 0 Å². The summed E-state index contributed by atoms with van der Waals surface area (Å²) in [6.45, 7) is 9.28. The molecule has 0 amide bonds. The van der Waals surface area contributed by atoms with E-state index in [1.807, 2.05) is 18.2 Å². The lowest BCUT2D eigenvalue weighted by molar-refractivity contribution is 0.319. The van der Waals surface area contributed by atoms with Crippen LogP contribution in [0.25, 0.3) is 10.8 Å². The second-order valence-electron chi connectivity index (χ2n) is 9.04. The van der Waals surface area contributed by atoms with E-state index in [0.29, 0.717) is 5.71 Å². The van der Waals surface area contributed by atoms with E-state index in [-0.39, 0.29) is 10.8 Å². The summed E-state index contributed by atoms with van der Waals surface area (Å²) in [6.07, 6.45) is 2.36. The summed E-state index contributed by atoms with van der Waals surface area (Å²) in [5, 5.41) is 15.9. The number of nitrogens with zero attached hydrogens (tertiary/aromatic N) is 1. The van der Waals surface area contributed by atoms with Gasteiger partial charge in [-0.1, -0.05) is 81.4 Å². The molecule has 2 heteroatoms. The fourth-order valence-electron chi connectivity index (χ4n) is 4.35. The third-order valence-corrected chi connectivity index (χ3v) is 6.25. The first-order valence-corrected chi connectivity index (χ1v) is 9.68. The Morgan fingerprint density at radius 1 is 0.741 bits per heavy atom. The number of hydrogen-bond donors (Lipinski definition) is 1. The topological polar surface area (TPSA) is 32.6 Å². The number of rotatable bonds is 2. The molecule has 0 bridgehead atoms. The van der Waals surface area contributed by atoms with Gasteiger partial charge in [-0.2, -0.15) is 0 Å². The average molecular weight is 357 g/mol. The van der Waals surface area contributed by atoms with E-state index in [2.05, 4.69) is 75.3 Å². The van der Waals surface area contributed by atoms with Crippen molar-refractivity contribution in [2.45, 2.75) is 51.4 Å². The summed E-state index contributed by atoms with van der Waals surface area (Å²) < 4.78 is 0. The Bertz CT molecular complexity index is 1040. The monoisotopic (exact) mass is 357 g/mol. The van der Waals surface area contributed by atoms with Gasteiger partial charge in [0, 0.05) is 11.1 Å². The lowest BCUT2D eigenvalue weighted by Crippen LogP contribution is -2.34. The highest BCUT2D eigenvalue weighted by atomic mass is 16.4. The van der Waals surface area contributed by atoms with Crippen molar-refractivity contribution >= 4 is 16.5 Å². The van der Waals surface area contributed by atoms with Crippen molar-refractivity contribution in [3.63, 3.8) is 0 Å². The third-order valence-electron chi connectivity index (χ3n) is 6.25. The number of oxime groups is 1. The maximum Gasteiger partial charge on any atom is 0.117 e. The first-order valence-electron chi connectivity index (χ1n) is 9.68. The predicted molar refractivity (Wildman–Crippen MR) is 113 cm³/mol. The molecule has 3 aromatic carbocycles. The van der Waals surface area contributed by atoms with E-state index in [4.69, 9.17) is 0 Å². The van der Waals surface area contributed by atoms with Crippen LogP contribution in [0.2, 0.25) is 0 Å². The minimum absolute atomic E-state index is 0.130. The molecular weight excluding hydrogens is 330 g/mol. The summed E-state index contributed by atoms with van der Waals surface area (Å²) >= 11 is 0. The van der Waals surface area contributed by atoms with Crippen molar-refractivity contribution in [1.29, 1.82) is 0 Å². The van der Waals surface area contributed by atoms with Crippen LogP contribution in [0.5, 0.6) is 0 Å². The van der Waals surface area contributed by atoms with E-state index >= 15 is 0 Å². The minimum Gasteiger partial charge on any atom is -0.410 e. The van der Waals surface area contributed by atoms with Gasteiger partial charge in [0.05, 0.1) is 0 Å². The van der Waals surface area contributed by atoms with E-state index in [1.165, 1.54) is 22.9 Å². The van der Waals surface area contributed by atoms with Gasteiger partial charge in [0.1, 0.15) is 5.71 Å². The normalized spacial score (nSPS) is 18.3. The quantitative estimate of drug-likeness (QED) is 0.320. The Kier molecular flexibility index (Phi) is 4.10. The molecule has 0 fully saturated rings. The fraction of sp³-hybridized carbons (Fsp3) is 0.320. The molecule has 0 saturated carbocycles. The van der Waals surface area contributed by atoms with E-state index in [9.17, 15) is 5.21 Å². The standard InChI is InChI=1S/C25H27NO/c1-24(2)13-14-25(3,4)22-16-20(11-12-21(22)24)23(26-27)19-10-9-17-7-5-6-8-18(17)15-19/h5-12,15-16,27H,13-14H2,1-4H3. The molecule has 0 unspecified atom stereocenters. The van der Waals surface area contributed by atoms with E-state index in [1.54, 1.807) is 0 Å². The summed E-state index contributed by atoms with van der Waals surface area (Å²) in [7, 11) is 0. The molecule has 0 heterocycles.